The van der Waals surface area contributed by atoms with Gasteiger partial charge in [0.1, 0.15) is 12.4 Å². The Balaban J connectivity index is 1.48. The number of hydrogen-bond donors (Lipinski definition) is 0. The monoisotopic (exact) mass is 439 g/mol. The third-order valence-corrected chi connectivity index (χ3v) is 6.35. The van der Waals surface area contributed by atoms with Gasteiger partial charge in [-0.25, -0.2) is 0 Å². The maximum atomic E-state index is 13.5. The van der Waals surface area contributed by atoms with Gasteiger partial charge in [0.2, 0.25) is 0 Å². The molecule has 5 rings (SSSR count). The van der Waals surface area contributed by atoms with Crippen molar-refractivity contribution < 1.29 is 19.1 Å². The van der Waals surface area contributed by atoms with E-state index in [1.54, 1.807) is 7.11 Å². The summed E-state index contributed by atoms with van der Waals surface area (Å²) in [5.41, 5.74) is 4.45. The molecule has 33 heavy (non-hydrogen) atoms. The van der Waals surface area contributed by atoms with Crippen molar-refractivity contribution in [2.24, 2.45) is 5.92 Å². The van der Waals surface area contributed by atoms with Crippen LogP contribution in [0.1, 0.15) is 33.6 Å². The number of rotatable bonds is 5. The number of benzene rings is 3. The summed E-state index contributed by atoms with van der Waals surface area (Å²) in [6.45, 7) is 0.269. The second kappa shape index (κ2) is 8.94. The van der Waals surface area contributed by atoms with Crippen LogP contribution in [0, 0.1) is 5.92 Å². The van der Waals surface area contributed by atoms with Gasteiger partial charge in [0.25, 0.3) is 5.91 Å². The van der Waals surface area contributed by atoms with Crippen LogP contribution in [0.2, 0.25) is 0 Å². The number of carbonyl (C=O) groups is 2. The molecule has 1 unspecified atom stereocenters. The predicted molar refractivity (Wildman–Crippen MR) is 126 cm³/mol. The van der Waals surface area contributed by atoms with E-state index in [1.807, 2.05) is 83.4 Å². The Morgan fingerprint density at radius 3 is 2.42 bits per heavy atom. The average molecular weight is 440 g/mol. The molecule has 0 radical (unpaired) electrons. The van der Waals surface area contributed by atoms with E-state index in [-0.39, 0.29) is 24.4 Å². The molecular weight excluding hydrogens is 414 g/mol. The lowest BCUT2D eigenvalue weighted by Gasteiger charge is -2.22. The zero-order valence-electron chi connectivity index (χ0n) is 18.5. The summed E-state index contributed by atoms with van der Waals surface area (Å²) in [4.78, 5) is 26.3. The van der Waals surface area contributed by atoms with E-state index in [0.717, 1.165) is 33.5 Å². The van der Waals surface area contributed by atoms with Crippen LogP contribution in [0.25, 0.3) is 10.9 Å². The Hall–Kier alpha value is -3.86. The molecule has 0 saturated heterocycles. The van der Waals surface area contributed by atoms with Gasteiger partial charge in [-0.05, 0) is 60.7 Å². The normalized spacial score (nSPS) is 15.1. The van der Waals surface area contributed by atoms with Crippen LogP contribution in [-0.2, 0) is 29.0 Å². The number of esters is 1. The molecule has 0 N–H and O–H groups in total. The van der Waals surface area contributed by atoms with Crippen molar-refractivity contribution in [2.45, 2.75) is 25.9 Å². The number of carbonyl (C=O) groups excluding carboxylic acids is 2. The lowest BCUT2D eigenvalue weighted by molar-refractivity contribution is -0.150. The van der Waals surface area contributed by atoms with Crippen LogP contribution in [0.15, 0.2) is 78.9 Å². The zero-order valence-corrected chi connectivity index (χ0v) is 18.5. The second-order valence-corrected chi connectivity index (χ2v) is 8.35. The Bertz CT molecular complexity index is 1310. The molecule has 0 aliphatic heterocycles. The summed E-state index contributed by atoms with van der Waals surface area (Å²) < 4.78 is 12.9. The van der Waals surface area contributed by atoms with E-state index < -0.39 is 0 Å². The fraction of sp³-hybridized carbons (Fsp3) is 0.214. The van der Waals surface area contributed by atoms with Crippen LogP contribution in [-0.4, -0.2) is 23.6 Å². The smallest absolute Gasteiger partial charge is 0.309 e. The summed E-state index contributed by atoms with van der Waals surface area (Å²) >= 11 is 0. The quantitative estimate of drug-likeness (QED) is 0.402. The van der Waals surface area contributed by atoms with Crippen LogP contribution in [0.5, 0.6) is 5.75 Å². The number of methoxy groups -OCH3 is 1. The average Bonchev–Trinajstić information content (AvgIpc) is 3.20. The molecule has 1 aliphatic carbocycles. The first kappa shape index (κ1) is 21.0. The van der Waals surface area contributed by atoms with E-state index in [4.69, 9.17) is 9.47 Å². The molecule has 5 heteroatoms. The minimum Gasteiger partial charge on any atom is -0.497 e. The van der Waals surface area contributed by atoms with E-state index in [0.29, 0.717) is 24.8 Å². The van der Waals surface area contributed by atoms with Crippen molar-refractivity contribution in [3.63, 3.8) is 0 Å². The molecule has 3 aromatic carbocycles. The number of aromatic nitrogens is 1. The first-order valence-corrected chi connectivity index (χ1v) is 11.2. The maximum Gasteiger partial charge on any atom is 0.309 e. The predicted octanol–water partition coefficient (Wildman–Crippen LogP) is 5.19. The Kier molecular flexibility index (Phi) is 5.69. The van der Waals surface area contributed by atoms with Crippen LogP contribution < -0.4 is 4.74 Å². The van der Waals surface area contributed by atoms with Crippen LogP contribution in [0.4, 0.5) is 0 Å². The van der Waals surface area contributed by atoms with Gasteiger partial charge in [-0.3, -0.25) is 14.2 Å². The van der Waals surface area contributed by atoms with Crippen molar-refractivity contribution in [2.75, 3.05) is 7.11 Å². The Morgan fingerprint density at radius 1 is 0.970 bits per heavy atom. The lowest BCUT2D eigenvalue weighted by atomic mass is 9.86. The molecule has 0 bridgehead atoms. The van der Waals surface area contributed by atoms with E-state index in [9.17, 15) is 9.59 Å². The molecule has 166 valence electrons. The molecule has 0 fully saturated rings. The summed E-state index contributed by atoms with van der Waals surface area (Å²) in [7, 11) is 1.63. The minimum atomic E-state index is -0.238. The first-order chi connectivity index (χ1) is 16.2. The molecule has 1 heterocycles. The topological polar surface area (TPSA) is 57.5 Å². The molecule has 5 nitrogen and oxygen atoms in total. The molecule has 4 aromatic rings. The molecule has 1 atom stereocenters. The number of hydrogen-bond acceptors (Lipinski definition) is 4. The van der Waals surface area contributed by atoms with Gasteiger partial charge >= 0.3 is 5.97 Å². The van der Waals surface area contributed by atoms with Gasteiger partial charge in [-0.2, -0.15) is 0 Å². The molecule has 0 saturated carbocycles. The van der Waals surface area contributed by atoms with Gasteiger partial charge < -0.3 is 9.47 Å². The molecular formula is C28H25NO4. The fourth-order valence-corrected chi connectivity index (χ4v) is 4.65. The number of nitrogens with zero attached hydrogens (tertiary/aromatic N) is 1. The fourth-order valence-electron chi connectivity index (χ4n) is 4.65. The third-order valence-electron chi connectivity index (χ3n) is 6.35. The number of ether oxygens (including phenoxy) is 2. The summed E-state index contributed by atoms with van der Waals surface area (Å²) in [6.07, 6.45) is 1.83. The van der Waals surface area contributed by atoms with Gasteiger partial charge in [0.15, 0.2) is 0 Å². The zero-order chi connectivity index (χ0) is 22.8. The van der Waals surface area contributed by atoms with E-state index in [1.165, 1.54) is 0 Å². The summed E-state index contributed by atoms with van der Waals surface area (Å²) in [5, 5.41) is 0.953. The van der Waals surface area contributed by atoms with Crippen molar-refractivity contribution in [1.29, 1.82) is 0 Å². The highest BCUT2D eigenvalue weighted by molar-refractivity contribution is 6.04. The Morgan fingerprint density at radius 2 is 1.70 bits per heavy atom. The lowest BCUT2D eigenvalue weighted by Crippen LogP contribution is -2.26. The summed E-state index contributed by atoms with van der Waals surface area (Å²) in [5.74, 6) is 0.237. The summed E-state index contributed by atoms with van der Waals surface area (Å²) in [6, 6.07) is 24.7. The number of fused-ring (bicyclic) bond motifs is 3. The van der Waals surface area contributed by atoms with Crippen molar-refractivity contribution in [3.8, 4) is 5.75 Å². The Labute approximate surface area is 192 Å². The van der Waals surface area contributed by atoms with Gasteiger partial charge in [-0.1, -0.05) is 48.5 Å². The molecule has 1 aliphatic rings. The van der Waals surface area contributed by atoms with Crippen LogP contribution in [0.3, 0.4) is 0 Å². The first-order valence-electron chi connectivity index (χ1n) is 11.2. The molecule has 1 aromatic heterocycles. The third kappa shape index (κ3) is 4.02. The van der Waals surface area contributed by atoms with E-state index in [2.05, 4.69) is 0 Å². The maximum absolute atomic E-state index is 13.5. The SMILES string of the molecule is COc1ccc2c(c1)c1c(n2C(=O)c2ccccc2)CCC(C(=O)OCc2ccccc2)C1. The minimum absolute atomic E-state index is 0.0582. The highest BCUT2D eigenvalue weighted by atomic mass is 16.5. The van der Waals surface area contributed by atoms with Crippen molar-refractivity contribution in [1.82, 2.24) is 4.57 Å². The van der Waals surface area contributed by atoms with Gasteiger partial charge in [0, 0.05) is 16.6 Å². The molecule has 0 amide bonds. The van der Waals surface area contributed by atoms with Gasteiger partial charge in [-0.15, -0.1) is 0 Å². The highest BCUT2D eigenvalue weighted by Crippen LogP contribution is 2.37. The largest absolute Gasteiger partial charge is 0.497 e. The second-order valence-electron chi connectivity index (χ2n) is 8.35. The highest BCUT2D eigenvalue weighted by Gasteiger charge is 2.32. The van der Waals surface area contributed by atoms with Crippen molar-refractivity contribution in [3.05, 3.63) is 101 Å². The van der Waals surface area contributed by atoms with Gasteiger partial charge in [0.05, 0.1) is 18.5 Å². The van der Waals surface area contributed by atoms with Crippen LogP contribution >= 0.6 is 0 Å². The van der Waals surface area contributed by atoms with E-state index >= 15 is 0 Å². The van der Waals surface area contributed by atoms with Crippen molar-refractivity contribution >= 4 is 22.8 Å². The standard InChI is InChI=1S/C28H25NO4/c1-32-22-13-15-26-24(17-22)23-16-21(28(31)33-18-19-8-4-2-5-9-19)12-14-25(23)29(26)27(30)20-10-6-3-7-11-20/h2-11,13,15,17,21H,12,14,16,18H2,1H3. The molecule has 0 spiro atoms.